The lowest BCUT2D eigenvalue weighted by Gasteiger charge is -2.23. The van der Waals surface area contributed by atoms with Crippen LogP contribution in [-0.4, -0.2) is 21.0 Å². The zero-order valence-electron chi connectivity index (χ0n) is 10.7. The van der Waals surface area contributed by atoms with Gasteiger partial charge in [-0.25, -0.2) is 13.1 Å². The molecule has 3 N–H and O–H groups in total. The zero-order valence-corrected chi connectivity index (χ0v) is 12.3. The fourth-order valence-corrected chi connectivity index (χ4v) is 4.02. The summed E-state index contributed by atoms with van der Waals surface area (Å²) >= 11 is 5.76. The second-order valence-corrected chi connectivity index (χ2v) is 7.11. The third-order valence-corrected chi connectivity index (χ3v) is 5.41. The van der Waals surface area contributed by atoms with Gasteiger partial charge in [0.25, 0.3) is 0 Å². The van der Waals surface area contributed by atoms with Crippen molar-refractivity contribution in [2.75, 3.05) is 6.54 Å². The molecule has 1 aromatic rings. The molecule has 1 aliphatic rings. The molecule has 1 atom stereocenters. The molecule has 2 rings (SSSR count). The summed E-state index contributed by atoms with van der Waals surface area (Å²) in [7, 11) is -3.51. The molecule has 0 amide bonds. The summed E-state index contributed by atoms with van der Waals surface area (Å²) < 4.78 is 27.2. The van der Waals surface area contributed by atoms with Gasteiger partial charge < -0.3 is 5.73 Å². The molecule has 6 heteroatoms. The molecule has 0 saturated heterocycles. The topological polar surface area (TPSA) is 72.2 Å². The Balaban J connectivity index is 2.13. The maximum atomic E-state index is 12.3. The number of sulfonamides is 1. The van der Waals surface area contributed by atoms with Crippen LogP contribution >= 0.6 is 11.6 Å². The Bertz CT molecular complexity index is 510. The van der Waals surface area contributed by atoms with Gasteiger partial charge >= 0.3 is 0 Å². The van der Waals surface area contributed by atoms with Crippen molar-refractivity contribution < 1.29 is 8.42 Å². The van der Waals surface area contributed by atoms with Crippen LogP contribution in [0.15, 0.2) is 29.2 Å². The lowest BCUT2D eigenvalue weighted by molar-refractivity contribution is 0.405. The number of nitrogens with two attached hydrogens (primary N) is 1. The van der Waals surface area contributed by atoms with Crippen LogP contribution in [0.25, 0.3) is 0 Å². The van der Waals surface area contributed by atoms with Gasteiger partial charge in [-0.3, -0.25) is 0 Å². The molecule has 106 valence electrons. The fraction of sp³-hybridized carbons (Fsp3) is 0.538. The smallest absolute Gasteiger partial charge is 0.240 e. The highest BCUT2D eigenvalue weighted by Crippen LogP contribution is 2.28. The van der Waals surface area contributed by atoms with E-state index in [4.69, 9.17) is 17.3 Å². The Kier molecular flexibility index (Phi) is 4.84. The number of rotatable bonds is 5. The molecule has 1 unspecified atom stereocenters. The number of halogens is 1. The summed E-state index contributed by atoms with van der Waals surface area (Å²) in [5, 5.41) is 0.519. The Labute approximate surface area is 119 Å². The highest BCUT2D eigenvalue weighted by molar-refractivity contribution is 7.89. The average Bonchev–Trinajstić information content (AvgIpc) is 2.90. The van der Waals surface area contributed by atoms with Gasteiger partial charge in [-0.1, -0.05) is 24.4 Å². The highest BCUT2D eigenvalue weighted by atomic mass is 35.5. The minimum atomic E-state index is -3.51. The summed E-state index contributed by atoms with van der Waals surface area (Å²) in [6.45, 7) is 0.331. The van der Waals surface area contributed by atoms with E-state index in [0.717, 1.165) is 25.7 Å². The molecule has 0 aliphatic heterocycles. The highest BCUT2D eigenvalue weighted by Gasteiger charge is 2.28. The maximum Gasteiger partial charge on any atom is 0.240 e. The molecular weight excluding hydrogens is 284 g/mol. The van der Waals surface area contributed by atoms with Crippen molar-refractivity contribution in [3.63, 3.8) is 0 Å². The van der Waals surface area contributed by atoms with Gasteiger partial charge in [0.2, 0.25) is 10.0 Å². The second-order valence-electron chi connectivity index (χ2n) is 4.96. The third kappa shape index (κ3) is 3.69. The Morgan fingerprint density at radius 2 is 1.84 bits per heavy atom. The number of hydrogen-bond acceptors (Lipinski definition) is 3. The van der Waals surface area contributed by atoms with Crippen molar-refractivity contribution in [1.82, 2.24) is 4.72 Å². The molecule has 1 saturated carbocycles. The molecule has 19 heavy (non-hydrogen) atoms. The molecule has 4 nitrogen and oxygen atoms in total. The molecule has 1 aromatic carbocycles. The molecule has 1 aliphatic carbocycles. The van der Waals surface area contributed by atoms with Crippen molar-refractivity contribution in [2.45, 2.75) is 36.6 Å². The van der Waals surface area contributed by atoms with Gasteiger partial charge in [-0.05, 0) is 43.0 Å². The molecule has 0 heterocycles. The minimum absolute atomic E-state index is 0.178. The van der Waals surface area contributed by atoms with Crippen LogP contribution in [-0.2, 0) is 10.0 Å². The lowest BCUT2D eigenvalue weighted by atomic mass is 9.99. The molecule has 0 aromatic heterocycles. The van der Waals surface area contributed by atoms with E-state index in [1.807, 2.05) is 0 Å². The Morgan fingerprint density at radius 3 is 2.37 bits per heavy atom. The van der Waals surface area contributed by atoms with Crippen LogP contribution in [0.5, 0.6) is 0 Å². The van der Waals surface area contributed by atoms with E-state index in [0.29, 0.717) is 17.5 Å². The second kappa shape index (κ2) is 6.22. The van der Waals surface area contributed by atoms with E-state index in [2.05, 4.69) is 4.72 Å². The van der Waals surface area contributed by atoms with Gasteiger partial charge in [0, 0.05) is 17.6 Å². The molecule has 0 radical (unpaired) electrons. The first-order chi connectivity index (χ1) is 9.03. The van der Waals surface area contributed by atoms with Gasteiger partial charge in [0.15, 0.2) is 0 Å². The normalized spacial score (nSPS) is 18.6. The van der Waals surface area contributed by atoms with Gasteiger partial charge in [0.1, 0.15) is 0 Å². The molecule has 1 fully saturated rings. The van der Waals surface area contributed by atoms with Crippen molar-refractivity contribution in [2.24, 2.45) is 11.7 Å². The largest absolute Gasteiger partial charge is 0.329 e. The molecule has 0 bridgehead atoms. The van der Waals surface area contributed by atoms with Crippen LogP contribution in [0.3, 0.4) is 0 Å². The Morgan fingerprint density at radius 1 is 1.26 bits per heavy atom. The first-order valence-corrected chi connectivity index (χ1v) is 8.37. The fourth-order valence-electron chi connectivity index (χ4n) is 2.58. The number of nitrogens with one attached hydrogen (secondary N) is 1. The zero-order chi connectivity index (χ0) is 13.9. The third-order valence-electron chi connectivity index (χ3n) is 3.65. The lowest BCUT2D eigenvalue weighted by Crippen LogP contribution is -2.44. The van der Waals surface area contributed by atoms with Crippen molar-refractivity contribution >= 4 is 21.6 Å². The Hall–Kier alpha value is -0.620. The van der Waals surface area contributed by atoms with Crippen LogP contribution in [0, 0.1) is 5.92 Å². The van der Waals surface area contributed by atoms with E-state index >= 15 is 0 Å². The number of benzene rings is 1. The van der Waals surface area contributed by atoms with Gasteiger partial charge in [0.05, 0.1) is 4.90 Å². The molecular formula is C13H19ClN2O2S. The van der Waals surface area contributed by atoms with Crippen molar-refractivity contribution in [3.8, 4) is 0 Å². The van der Waals surface area contributed by atoms with Crippen LogP contribution in [0.4, 0.5) is 0 Å². The predicted octanol–water partition coefficient (Wildman–Crippen LogP) is 2.14. The van der Waals surface area contributed by atoms with E-state index in [9.17, 15) is 8.42 Å². The van der Waals surface area contributed by atoms with Gasteiger partial charge in [-0.15, -0.1) is 0 Å². The average molecular weight is 303 g/mol. The van der Waals surface area contributed by atoms with E-state index in [1.54, 1.807) is 12.1 Å². The SMILES string of the molecule is NCC(NS(=O)(=O)c1ccc(Cl)cc1)C1CCCC1. The summed E-state index contributed by atoms with van der Waals surface area (Å²) in [5.41, 5.74) is 5.71. The quantitative estimate of drug-likeness (QED) is 0.875. The van der Waals surface area contributed by atoms with Gasteiger partial charge in [-0.2, -0.15) is 0 Å². The standard InChI is InChI=1S/C13H19ClN2O2S/c14-11-5-7-12(8-6-11)19(17,18)16-13(9-15)10-3-1-2-4-10/h5-8,10,13,16H,1-4,9,15H2. The van der Waals surface area contributed by atoms with Crippen molar-refractivity contribution in [3.05, 3.63) is 29.3 Å². The monoisotopic (exact) mass is 302 g/mol. The number of hydrogen-bond donors (Lipinski definition) is 2. The maximum absolute atomic E-state index is 12.3. The van der Waals surface area contributed by atoms with E-state index in [1.165, 1.54) is 12.1 Å². The molecule has 0 spiro atoms. The van der Waals surface area contributed by atoms with E-state index in [-0.39, 0.29) is 10.9 Å². The van der Waals surface area contributed by atoms with Crippen LogP contribution in [0.1, 0.15) is 25.7 Å². The first kappa shape index (κ1) is 14.8. The van der Waals surface area contributed by atoms with Crippen molar-refractivity contribution in [1.29, 1.82) is 0 Å². The van der Waals surface area contributed by atoms with E-state index < -0.39 is 10.0 Å². The summed E-state index contributed by atoms with van der Waals surface area (Å²) in [6.07, 6.45) is 4.41. The summed E-state index contributed by atoms with van der Waals surface area (Å²) in [5.74, 6) is 0.354. The van der Waals surface area contributed by atoms with Crippen LogP contribution < -0.4 is 10.5 Å². The minimum Gasteiger partial charge on any atom is -0.329 e. The summed E-state index contributed by atoms with van der Waals surface area (Å²) in [4.78, 5) is 0.230. The predicted molar refractivity (Wildman–Crippen MR) is 76.6 cm³/mol. The van der Waals surface area contributed by atoms with Crippen LogP contribution in [0.2, 0.25) is 5.02 Å². The first-order valence-electron chi connectivity index (χ1n) is 6.51. The summed E-state index contributed by atoms with van der Waals surface area (Å²) in [6, 6.07) is 5.98.